The maximum absolute atomic E-state index is 12.6. The Balaban J connectivity index is 1.70. The number of aryl methyl sites for hydroxylation is 2. The van der Waals surface area contributed by atoms with Crippen molar-refractivity contribution in [3.8, 4) is 11.5 Å². The monoisotopic (exact) mass is 404 g/mol. The summed E-state index contributed by atoms with van der Waals surface area (Å²) in [6, 6.07) is 7.68. The number of carbonyl (C=O) groups is 1. The smallest absolute Gasteiger partial charge is 0.237 e. The predicted molar refractivity (Wildman–Crippen MR) is 108 cm³/mol. The number of piperidine rings is 1. The Hall–Kier alpha value is -2.15. The Labute approximate surface area is 166 Å². The summed E-state index contributed by atoms with van der Waals surface area (Å²) in [6.45, 7) is 9.12. The molecule has 1 amide bonds. The summed E-state index contributed by atoms with van der Waals surface area (Å²) >= 11 is 0. The molecule has 2 atom stereocenters. The van der Waals surface area contributed by atoms with Crippen molar-refractivity contribution in [2.75, 3.05) is 18.8 Å². The Bertz CT molecular complexity index is 937. The minimum absolute atomic E-state index is 0.293. The number of rotatable bonds is 5. The van der Waals surface area contributed by atoms with Gasteiger partial charge in [0.25, 0.3) is 0 Å². The van der Waals surface area contributed by atoms with E-state index in [0.29, 0.717) is 42.3 Å². The molecule has 2 heterocycles. The van der Waals surface area contributed by atoms with Crippen molar-refractivity contribution in [2.24, 2.45) is 11.8 Å². The summed E-state index contributed by atoms with van der Waals surface area (Å²) in [6.07, 6.45) is 1.07. The zero-order valence-corrected chi connectivity index (χ0v) is 17.8. The highest BCUT2D eigenvalue weighted by molar-refractivity contribution is 7.91. The van der Waals surface area contributed by atoms with Crippen LogP contribution in [0.15, 0.2) is 28.7 Å². The Kier molecular flexibility index (Phi) is 5.93. The lowest BCUT2D eigenvalue weighted by Gasteiger charge is -2.34. The highest BCUT2D eigenvalue weighted by Crippen LogP contribution is 2.24. The van der Waals surface area contributed by atoms with Gasteiger partial charge in [-0.25, -0.2) is 13.4 Å². The molecule has 1 saturated heterocycles. The molecular formula is C21H28N2O4S. The van der Waals surface area contributed by atoms with Crippen molar-refractivity contribution in [2.45, 2.75) is 39.9 Å². The Morgan fingerprint density at radius 2 is 1.75 bits per heavy atom. The van der Waals surface area contributed by atoms with Gasteiger partial charge in [0.15, 0.2) is 9.84 Å². The van der Waals surface area contributed by atoms with Crippen LogP contribution in [0.3, 0.4) is 0 Å². The second kappa shape index (κ2) is 8.07. The third-order valence-corrected chi connectivity index (χ3v) is 6.51. The number of sulfone groups is 1. The first kappa shape index (κ1) is 20.6. The van der Waals surface area contributed by atoms with Gasteiger partial charge in [0.1, 0.15) is 11.5 Å². The molecule has 6 nitrogen and oxygen atoms in total. The van der Waals surface area contributed by atoms with Crippen molar-refractivity contribution in [1.82, 2.24) is 9.88 Å². The quantitative estimate of drug-likeness (QED) is 0.763. The molecule has 1 aliphatic heterocycles. The number of nitrogens with zero attached hydrogens (tertiary/aromatic N) is 2. The highest BCUT2D eigenvalue weighted by Gasteiger charge is 2.29. The molecular weight excluding hydrogens is 376 g/mol. The predicted octanol–water partition coefficient (Wildman–Crippen LogP) is 3.38. The third-order valence-electron chi connectivity index (χ3n) is 5.11. The number of carbonyl (C=O) groups excluding carboxylic acids is 1. The van der Waals surface area contributed by atoms with Gasteiger partial charge in [-0.1, -0.05) is 31.5 Å². The van der Waals surface area contributed by atoms with Crippen LogP contribution in [0.5, 0.6) is 0 Å². The van der Waals surface area contributed by atoms with Gasteiger partial charge in [-0.05, 0) is 44.2 Å². The van der Waals surface area contributed by atoms with Crippen LogP contribution >= 0.6 is 0 Å². The van der Waals surface area contributed by atoms with E-state index in [-0.39, 0.29) is 11.7 Å². The maximum atomic E-state index is 12.6. The van der Waals surface area contributed by atoms with Crippen molar-refractivity contribution in [3.63, 3.8) is 0 Å². The SMILES string of the molecule is Cc1ccc(-c2nc(CS(=O)(=O)CC(=O)N3C[C@H](C)C[C@@H](C)C3)c(C)o2)cc1. The zero-order valence-electron chi connectivity index (χ0n) is 16.9. The summed E-state index contributed by atoms with van der Waals surface area (Å²) < 4.78 is 30.9. The molecule has 0 saturated carbocycles. The second-order valence-corrected chi connectivity index (χ2v) is 10.2. The van der Waals surface area contributed by atoms with Gasteiger partial charge in [0.05, 0.1) is 11.4 Å². The van der Waals surface area contributed by atoms with Crippen LogP contribution < -0.4 is 0 Å². The van der Waals surface area contributed by atoms with Crippen molar-refractivity contribution >= 4 is 15.7 Å². The molecule has 2 aromatic rings. The summed E-state index contributed by atoms with van der Waals surface area (Å²) in [5, 5.41) is 0. The molecule has 152 valence electrons. The van der Waals surface area contributed by atoms with Gasteiger partial charge in [-0.15, -0.1) is 0 Å². The lowest BCUT2D eigenvalue weighted by atomic mass is 9.92. The fourth-order valence-corrected chi connectivity index (χ4v) is 5.13. The van der Waals surface area contributed by atoms with Gasteiger partial charge in [-0.2, -0.15) is 0 Å². The fraction of sp³-hybridized carbons (Fsp3) is 0.524. The molecule has 1 fully saturated rings. The number of hydrogen-bond donors (Lipinski definition) is 0. The number of aromatic nitrogens is 1. The van der Waals surface area contributed by atoms with E-state index >= 15 is 0 Å². The van der Waals surface area contributed by atoms with E-state index < -0.39 is 15.6 Å². The van der Waals surface area contributed by atoms with E-state index in [9.17, 15) is 13.2 Å². The Morgan fingerprint density at radius 1 is 1.14 bits per heavy atom. The van der Waals surface area contributed by atoms with E-state index in [0.717, 1.165) is 17.5 Å². The molecule has 0 aliphatic carbocycles. The van der Waals surface area contributed by atoms with Crippen molar-refractivity contribution in [1.29, 1.82) is 0 Å². The lowest BCUT2D eigenvalue weighted by Crippen LogP contribution is -2.45. The molecule has 7 heteroatoms. The molecule has 1 aromatic heterocycles. The van der Waals surface area contributed by atoms with Crippen LogP contribution in [-0.4, -0.2) is 43.1 Å². The van der Waals surface area contributed by atoms with E-state index in [1.54, 1.807) is 11.8 Å². The van der Waals surface area contributed by atoms with E-state index in [4.69, 9.17) is 4.42 Å². The molecule has 3 rings (SSSR count). The molecule has 0 N–H and O–H groups in total. The van der Waals surface area contributed by atoms with Crippen LogP contribution in [0.4, 0.5) is 0 Å². The minimum atomic E-state index is -3.63. The van der Waals surface area contributed by atoms with Gasteiger partial charge in [0, 0.05) is 18.7 Å². The highest BCUT2D eigenvalue weighted by atomic mass is 32.2. The summed E-state index contributed by atoms with van der Waals surface area (Å²) in [7, 11) is -3.63. The summed E-state index contributed by atoms with van der Waals surface area (Å²) in [5.41, 5.74) is 2.28. The topological polar surface area (TPSA) is 80.5 Å². The largest absolute Gasteiger partial charge is 0.441 e. The maximum Gasteiger partial charge on any atom is 0.237 e. The second-order valence-electron chi connectivity index (χ2n) is 8.16. The standard InChI is InChI=1S/C21H28N2O4S/c1-14-5-7-18(8-6-14)21-22-19(17(4)27-21)12-28(25,26)13-20(24)23-10-15(2)9-16(3)11-23/h5-8,15-16H,9-13H2,1-4H3/t15-,16-/m1/s1. The van der Waals surface area contributed by atoms with Crippen LogP contribution in [0, 0.1) is 25.7 Å². The molecule has 0 unspecified atom stereocenters. The molecule has 0 spiro atoms. The summed E-state index contributed by atoms with van der Waals surface area (Å²) in [5.74, 6) is 0.547. The zero-order chi connectivity index (χ0) is 20.5. The number of benzene rings is 1. The average molecular weight is 405 g/mol. The number of amides is 1. The Morgan fingerprint density at radius 3 is 2.36 bits per heavy atom. The van der Waals surface area contributed by atoms with Crippen molar-refractivity contribution < 1.29 is 17.6 Å². The normalized spacial score (nSPS) is 20.4. The van der Waals surface area contributed by atoms with Crippen LogP contribution in [0.25, 0.3) is 11.5 Å². The molecule has 1 aromatic carbocycles. The molecule has 0 bridgehead atoms. The van der Waals surface area contributed by atoms with Crippen LogP contribution in [0.1, 0.15) is 37.3 Å². The van der Waals surface area contributed by atoms with Gasteiger partial charge < -0.3 is 9.32 Å². The fourth-order valence-electron chi connectivity index (χ4n) is 3.79. The molecule has 0 radical (unpaired) electrons. The van der Waals surface area contributed by atoms with Gasteiger partial charge in [0.2, 0.25) is 11.8 Å². The molecule has 1 aliphatic rings. The van der Waals surface area contributed by atoms with E-state index in [2.05, 4.69) is 18.8 Å². The first-order chi connectivity index (χ1) is 13.1. The van der Waals surface area contributed by atoms with Crippen molar-refractivity contribution in [3.05, 3.63) is 41.3 Å². The lowest BCUT2D eigenvalue weighted by molar-refractivity contribution is -0.131. The van der Waals surface area contributed by atoms with Gasteiger partial charge in [-0.3, -0.25) is 4.79 Å². The first-order valence-corrected chi connectivity index (χ1v) is 11.5. The van der Waals surface area contributed by atoms with E-state index in [1.165, 1.54) is 0 Å². The minimum Gasteiger partial charge on any atom is -0.441 e. The number of hydrogen-bond acceptors (Lipinski definition) is 5. The number of likely N-dealkylation sites (tertiary alicyclic amines) is 1. The van der Waals surface area contributed by atoms with E-state index in [1.807, 2.05) is 31.2 Å². The molecule has 28 heavy (non-hydrogen) atoms. The van der Waals surface area contributed by atoms with Crippen LogP contribution in [0.2, 0.25) is 0 Å². The number of oxazole rings is 1. The first-order valence-electron chi connectivity index (χ1n) is 9.64. The van der Waals surface area contributed by atoms with Gasteiger partial charge >= 0.3 is 0 Å². The average Bonchev–Trinajstić information content (AvgIpc) is 2.94. The summed E-state index contributed by atoms with van der Waals surface area (Å²) in [4.78, 5) is 18.6. The van der Waals surface area contributed by atoms with Crippen LogP contribution in [-0.2, 0) is 20.4 Å². The third kappa shape index (κ3) is 5.01.